The topological polar surface area (TPSA) is 55.4 Å². The van der Waals surface area contributed by atoms with E-state index in [-0.39, 0.29) is 18.9 Å². The van der Waals surface area contributed by atoms with E-state index in [1.165, 1.54) is 0 Å². The highest BCUT2D eigenvalue weighted by Crippen LogP contribution is 2.44. The van der Waals surface area contributed by atoms with E-state index in [0.717, 1.165) is 22.3 Å². The maximum absolute atomic E-state index is 12.1. The van der Waals surface area contributed by atoms with Crippen molar-refractivity contribution in [1.29, 1.82) is 0 Å². The van der Waals surface area contributed by atoms with E-state index in [1.807, 2.05) is 24.3 Å². The Morgan fingerprint density at radius 3 is 2.28 bits per heavy atom. The van der Waals surface area contributed by atoms with Crippen LogP contribution in [0, 0.1) is 12.3 Å². The van der Waals surface area contributed by atoms with Crippen molar-refractivity contribution in [3.63, 3.8) is 0 Å². The number of hydrogen-bond donors (Lipinski definition) is 1. The molecule has 25 heavy (non-hydrogen) atoms. The summed E-state index contributed by atoms with van der Waals surface area (Å²) in [5.41, 5.74) is 3.49. The number of nitrogens with one attached hydrogen (secondary N) is 1. The normalized spacial score (nSPS) is 14.6. The first-order valence-electron chi connectivity index (χ1n) is 8.11. The summed E-state index contributed by atoms with van der Waals surface area (Å²) in [7, 11) is 0. The Morgan fingerprint density at radius 1 is 1.20 bits per heavy atom. The molecule has 0 aromatic heterocycles. The number of rotatable bonds is 5. The molecule has 0 bridgehead atoms. The van der Waals surface area contributed by atoms with Gasteiger partial charge in [0.05, 0.1) is 0 Å². The van der Waals surface area contributed by atoms with Crippen molar-refractivity contribution in [2.24, 2.45) is 0 Å². The standard InChI is InChI=1S/C21H19NO3/c1-3-12-21(2,14-23)22-20(24)25-13-19-17-10-6-4-8-15(17)16-9-5-7-11-18(16)19/h1,4-11,14,19H,12-13H2,2H3,(H,22,24)/t21-/m0/s1. The lowest BCUT2D eigenvalue weighted by molar-refractivity contribution is -0.112. The van der Waals surface area contributed by atoms with Gasteiger partial charge < -0.3 is 14.8 Å². The first-order chi connectivity index (χ1) is 12.1. The Bertz CT molecular complexity index is 807. The predicted molar refractivity (Wildman–Crippen MR) is 96.1 cm³/mol. The fourth-order valence-electron chi connectivity index (χ4n) is 3.19. The van der Waals surface area contributed by atoms with E-state index in [2.05, 4.69) is 35.5 Å². The Kier molecular flexibility index (Phi) is 4.58. The number of terminal acetylenes is 1. The molecular weight excluding hydrogens is 314 g/mol. The molecule has 0 saturated heterocycles. The van der Waals surface area contributed by atoms with Gasteiger partial charge in [0.1, 0.15) is 18.4 Å². The summed E-state index contributed by atoms with van der Waals surface area (Å²) in [4.78, 5) is 23.3. The van der Waals surface area contributed by atoms with E-state index < -0.39 is 11.6 Å². The molecule has 4 heteroatoms. The minimum Gasteiger partial charge on any atom is -0.449 e. The second-order valence-corrected chi connectivity index (χ2v) is 6.37. The third-order valence-electron chi connectivity index (χ3n) is 4.46. The molecule has 0 aliphatic heterocycles. The zero-order chi connectivity index (χ0) is 17.9. The molecule has 1 amide bonds. The van der Waals surface area contributed by atoms with Crippen molar-refractivity contribution in [1.82, 2.24) is 5.32 Å². The lowest BCUT2D eigenvalue weighted by Crippen LogP contribution is -2.47. The first-order valence-corrected chi connectivity index (χ1v) is 8.11. The SMILES string of the molecule is C#CC[C@@](C)(C=O)NC(=O)OCC1c2ccccc2-c2ccccc21. The monoisotopic (exact) mass is 333 g/mol. The maximum Gasteiger partial charge on any atom is 0.407 e. The minimum atomic E-state index is -1.11. The highest BCUT2D eigenvalue weighted by Gasteiger charge is 2.30. The zero-order valence-electron chi connectivity index (χ0n) is 14.0. The molecule has 0 unspecified atom stereocenters. The van der Waals surface area contributed by atoms with Crippen LogP contribution in [0.4, 0.5) is 4.79 Å². The summed E-state index contributed by atoms with van der Waals surface area (Å²) in [6, 6.07) is 16.2. The van der Waals surface area contributed by atoms with Gasteiger partial charge in [-0.05, 0) is 29.2 Å². The molecule has 1 N–H and O–H groups in total. The van der Waals surface area contributed by atoms with Gasteiger partial charge in [0.2, 0.25) is 0 Å². The van der Waals surface area contributed by atoms with Gasteiger partial charge in [-0.15, -0.1) is 12.3 Å². The van der Waals surface area contributed by atoms with Crippen molar-refractivity contribution >= 4 is 12.4 Å². The zero-order valence-corrected chi connectivity index (χ0v) is 14.0. The van der Waals surface area contributed by atoms with Gasteiger partial charge >= 0.3 is 6.09 Å². The summed E-state index contributed by atoms with van der Waals surface area (Å²) in [5.74, 6) is 2.37. The van der Waals surface area contributed by atoms with Crippen LogP contribution in [0.3, 0.4) is 0 Å². The first kappa shape index (κ1) is 16.8. The van der Waals surface area contributed by atoms with Crippen LogP contribution >= 0.6 is 0 Å². The van der Waals surface area contributed by atoms with Crippen LogP contribution in [0.1, 0.15) is 30.4 Å². The quantitative estimate of drug-likeness (QED) is 0.673. The van der Waals surface area contributed by atoms with Crippen molar-refractivity contribution in [2.45, 2.75) is 24.8 Å². The van der Waals surface area contributed by atoms with Crippen LogP contribution in [0.15, 0.2) is 48.5 Å². The smallest absolute Gasteiger partial charge is 0.407 e. The number of alkyl carbamates (subject to hydrolysis) is 1. The molecule has 0 fully saturated rings. The molecule has 0 heterocycles. The van der Waals surface area contributed by atoms with Crippen LogP contribution in [0.5, 0.6) is 0 Å². The molecule has 0 spiro atoms. The Balaban J connectivity index is 1.75. The van der Waals surface area contributed by atoms with Crippen LogP contribution in [-0.4, -0.2) is 24.5 Å². The van der Waals surface area contributed by atoms with Gasteiger partial charge in [-0.1, -0.05) is 48.5 Å². The summed E-state index contributed by atoms with van der Waals surface area (Å²) in [5, 5.41) is 2.54. The molecule has 0 saturated carbocycles. The molecule has 126 valence electrons. The maximum atomic E-state index is 12.1. The number of amides is 1. The largest absolute Gasteiger partial charge is 0.449 e. The molecule has 1 aliphatic carbocycles. The molecule has 4 nitrogen and oxygen atoms in total. The van der Waals surface area contributed by atoms with Gasteiger partial charge in [0.25, 0.3) is 0 Å². The third kappa shape index (κ3) is 3.27. The van der Waals surface area contributed by atoms with Crippen LogP contribution < -0.4 is 5.32 Å². The summed E-state index contributed by atoms with van der Waals surface area (Å²) in [6.07, 6.45) is 5.34. The lowest BCUT2D eigenvalue weighted by Gasteiger charge is -2.22. The molecular formula is C21H19NO3. The number of carbonyl (C=O) groups is 2. The second kappa shape index (κ2) is 6.82. The molecule has 0 radical (unpaired) electrons. The number of fused-ring (bicyclic) bond motifs is 3. The van der Waals surface area contributed by atoms with Crippen molar-refractivity contribution < 1.29 is 14.3 Å². The average molecular weight is 333 g/mol. The summed E-state index contributed by atoms with van der Waals surface area (Å²) >= 11 is 0. The van der Waals surface area contributed by atoms with Crippen molar-refractivity contribution in [3.05, 3.63) is 59.7 Å². The van der Waals surface area contributed by atoms with Gasteiger partial charge in [-0.2, -0.15) is 0 Å². The van der Waals surface area contributed by atoms with E-state index in [9.17, 15) is 9.59 Å². The van der Waals surface area contributed by atoms with Crippen molar-refractivity contribution in [2.75, 3.05) is 6.61 Å². The summed E-state index contributed by atoms with van der Waals surface area (Å²) < 4.78 is 5.41. The summed E-state index contributed by atoms with van der Waals surface area (Å²) in [6.45, 7) is 1.77. The Morgan fingerprint density at radius 2 is 1.76 bits per heavy atom. The fourth-order valence-corrected chi connectivity index (χ4v) is 3.19. The number of carbonyl (C=O) groups excluding carboxylic acids is 2. The molecule has 1 aliphatic rings. The number of hydrogen-bond acceptors (Lipinski definition) is 3. The lowest BCUT2D eigenvalue weighted by atomic mass is 9.98. The van der Waals surface area contributed by atoms with Crippen LogP contribution in [-0.2, 0) is 9.53 Å². The minimum absolute atomic E-state index is 0.0201. The molecule has 1 atom stereocenters. The number of ether oxygens (including phenoxy) is 1. The van der Waals surface area contributed by atoms with Gasteiger partial charge in [0, 0.05) is 12.3 Å². The molecule has 2 aromatic rings. The van der Waals surface area contributed by atoms with E-state index in [4.69, 9.17) is 11.2 Å². The van der Waals surface area contributed by atoms with Gasteiger partial charge in [-0.25, -0.2) is 4.79 Å². The predicted octanol–water partition coefficient (Wildman–Crippen LogP) is 3.51. The van der Waals surface area contributed by atoms with Crippen LogP contribution in [0.25, 0.3) is 11.1 Å². The van der Waals surface area contributed by atoms with E-state index in [1.54, 1.807) is 6.92 Å². The highest BCUT2D eigenvalue weighted by atomic mass is 16.5. The Labute approximate surface area is 147 Å². The van der Waals surface area contributed by atoms with Crippen LogP contribution in [0.2, 0.25) is 0 Å². The van der Waals surface area contributed by atoms with Gasteiger partial charge in [-0.3, -0.25) is 0 Å². The Hall–Kier alpha value is -3.06. The van der Waals surface area contributed by atoms with Crippen molar-refractivity contribution in [3.8, 4) is 23.5 Å². The number of benzene rings is 2. The highest BCUT2D eigenvalue weighted by molar-refractivity contribution is 5.79. The van der Waals surface area contributed by atoms with E-state index >= 15 is 0 Å². The second-order valence-electron chi connectivity index (χ2n) is 6.37. The third-order valence-corrected chi connectivity index (χ3v) is 4.46. The fraction of sp³-hybridized carbons (Fsp3) is 0.238. The molecule has 2 aromatic carbocycles. The average Bonchev–Trinajstić information content (AvgIpc) is 2.94. The molecule has 3 rings (SSSR count). The van der Waals surface area contributed by atoms with E-state index in [0.29, 0.717) is 6.29 Å². The number of aldehydes is 1. The van der Waals surface area contributed by atoms with Gasteiger partial charge in [0.15, 0.2) is 0 Å².